The molecule has 2 aromatic rings. The van der Waals surface area contributed by atoms with E-state index in [9.17, 15) is 4.79 Å². The van der Waals surface area contributed by atoms with Crippen LogP contribution in [0.4, 0.5) is 5.13 Å². The third-order valence-corrected chi connectivity index (χ3v) is 7.95. The molecule has 6 nitrogen and oxygen atoms in total. The summed E-state index contributed by atoms with van der Waals surface area (Å²) in [5.41, 5.74) is 0.958. The molecule has 1 saturated carbocycles. The Kier molecular flexibility index (Phi) is 5.68. The van der Waals surface area contributed by atoms with Crippen LogP contribution < -0.4 is 4.90 Å². The second-order valence-corrected chi connectivity index (χ2v) is 9.72. The Bertz CT molecular complexity index is 808. The molecule has 156 valence electrons. The van der Waals surface area contributed by atoms with Gasteiger partial charge >= 0.3 is 0 Å². The summed E-state index contributed by atoms with van der Waals surface area (Å²) in [5, 5.41) is 1.01. The predicted octanol–water partition coefficient (Wildman–Crippen LogP) is 3.38. The van der Waals surface area contributed by atoms with Gasteiger partial charge in [-0.3, -0.25) is 9.69 Å². The number of piperidine rings is 1. The SMILES string of the molecule is O=C(C1CCCN(c2nc3cccnc3s2)C1)N1CCN(C2CCCCC2)CC1. The number of nitrogens with zero attached hydrogens (tertiary/aromatic N) is 5. The molecule has 0 bridgehead atoms. The first-order chi connectivity index (χ1) is 14.3. The van der Waals surface area contributed by atoms with Gasteiger partial charge in [-0.15, -0.1) is 0 Å². The standard InChI is InChI=1S/C22H31N5OS/c28-21(26-14-12-25(13-15-26)18-7-2-1-3-8-18)17-6-5-11-27(16-17)22-24-19-9-4-10-23-20(19)29-22/h4,9-10,17-18H,1-3,5-8,11-16H2. The molecule has 0 radical (unpaired) electrons. The van der Waals surface area contributed by atoms with Crippen molar-refractivity contribution in [3.63, 3.8) is 0 Å². The fourth-order valence-corrected chi connectivity index (χ4v) is 6.20. The second-order valence-electron chi connectivity index (χ2n) is 8.76. The summed E-state index contributed by atoms with van der Waals surface area (Å²) in [4.78, 5) is 30.5. The van der Waals surface area contributed by atoms with E-state index in [4.69, 9.17) is 4.98 Å². The van der Waals surface area contributed by atoms with Crippen molar-refractivity contribution in [2.24, 2.45) is 5.92 Å². The van der Waals surface area contributed by atoms with Gasteiger partial charge in [0, 0.05) is 51.5 Å². The summed E-state index contributed by atoms with van der Waals surface area (Å²) in [6, 6.07) is 4.71. The number of aromatic nitrogens is 2. The summed E-state index contributed by atoms with van der Waals surface area (Å²) in [6.07, 6.45) is 10.7. The van der Waals surface area contributed by atoms with Crippen LogP contribution in [0.2, 0.25) is 0 Å². The first-order valence-electron chi connectivity index (χ1n) is 11.3. The van der Waals surface area contributed by atoms with Crippen molar-refractivity contribution in [3.05, 3.63) is 18.3 Å². The van der Waals surface area contributed by atoms with Crippen molar-refractivity contribution in [1.29, 1.82) is 0 Å². The first kappa shape index (κ1) is 19.2. The summed E-state index contributed by atoms with van der Waals surface area (Å²) in [5.74, 6) is 0.460. The second kappa shape index (κ2) is 8.56. The maximum atomic E-state index is 13.2. The Morgan fingerprint density at radius 1 is 1.00 bits per heavy atom. The van der Waals surface area contributed by atoms with Crippen LogP contribution in [0.15, 0.2) is 18.3 Å². The van der Waals surface area contributed by atoms with Crippen LogP contribution in [0.25, 0.3) is 10.3 Å². The molecule has 5 rings (SSSR count). The van der Waals surface area contributed by atoms with Crippen LogP contribution in [0.5, 0.6) is 0 Å². The van der Waals surface area contributed by atoms with E-state index in [0.717, 1.165) is 73.6 Å². The van der Waals surface area contributed by atoms with Gasteiger partial charge in [0.05, 0.1) is 5.92 Å². The Balaban J connectivity index is 1.19. The van der Waals surface area contributed by atoms with Gasteiger partial charge in [-0.1, -0.05) is 30.6 Å². The molecule has 1 atom stereocenters. The quantitative estimate of drug-likeness (QED) is 0.772. The van der Waals surface area contributed by atoms with Crippen molar-refractivity contribution >= 4 is 32.7 Å². The molecule has 2 aliphatic heterocycles. The maximum absolute atomic E-state index is 13.2. The van der Waals surface area contributed by atoms with E-state index in [1.54, 1.807) is 11.3 Å². The van der Waals surface area contributed by atoms with Crippen molar-refractivity contribution in [1.82, 2.24) is 19.8 Å². The summed E-state index contributed by atoms with van der Waals surface area (Å²) in [6.45, 7) is 5.68. The molecule has 0 spiro atoms. The van der Waals surface area contributed by atoms with E-state index in [1.807, 2.05) is 18.3 Å². The van der Waals surface area contributed by atoms with Gasteiger partial charge in [-0.25, -0.2) is 9.97 Å². The Hall–Kier alpha value is -1.73. The predicted molar refractivity (Wildman–Crippen MR) is 117 cm³/mol. The zero-order valence-electron chi connectivity index (χ0n) is 17.1. The molecule has 4 heterocycles. The number of piperazine rings is 1. The number of hydrogen-bond acceptors (Lipinski definition) is 6. The largest absolute Gasteiger partial charge is 0.347 e. The average Bonchev–Trinajstić information content (AvgIpc) is 3.24. The number of carbonyl (C=O) groups excluding carboxylic acids is 1. The Morgan fingerprint density at radius 3 is 2.62 bits per heavy atom. The fraction of sp³-hybridized carbons (Fsp3) is 0.682. The lowest BCUT2D eigenvalue weighted by atomic mass is 9.93. The number of fused-ring (bicyclic) bond motifs is 1. The van der Waals surface area contributed by atoms with Gasteiger partial charge in [0.25, 0.3) is 0 Å². The van der Waals surface area contributed by atoms with Crippen molar-refractivity contribution < 1.29 is 4.79 Å². The van der Waals surface area contributed by atoms with Crippen LogP contribution in [-0.4, -0.2) is 71.0 Å². The summed E-state index contributed by atoms with van der Waals surface area (Å²) >= 11 is 1.64. The smallest absolute Gasteiger partial charge is 0.227 e. The van der Waals surface area contributed by atoms with Crippen LogP contribution in [-0.2, 0) is 4.79 Å². The number of amides is 1. The van der Waals surface area contributed by atoms with Gasteiger partial charge in [-0.2, -0.15) is 0 Å². The molecule has 1 amide bonds. The van der Waals surface area contributed by atoms with Gasteiger partial charge in [0.15, 0.2) is 5.13 Å². The molecular weight excluding hydrogens is 382 g/mol. The number of rotatable bonds is 3. The van der Waals surface area contributed by atoms with E-state index in [0.29, 0.717) is 5.91 Å². The summed E-state index contributed by atoms with van der Waals surface area (Å²) in [7, 11) is 0. The summed E-state index contributed by atoms with van der Waals surface area (Å²) < 4.78 is 0. The van der Waals surface area contributed by atoms with Gasteiger partial charge in [-0.05, 0) is 37.8 Å². The minimum absolute atomic E-state index is 0.102. The van der Waals surface area contributed by atoms with E-state index >= 15 is 0 Å². The molecule has 3 aliphatic rings. The normalized spacial score (nSPS) is 24.9. The van der Waals surface area contributed by atoms with Gasteiger partial charge in [0.2, 0.25) is 5.91 Å². The van der Waals surface area contributed by atoms with E-state index < -0.39 is 0 Å². The Labute approximate surface area is 176 Å². The number of carbonyl (C=O) groups is 1. The minimum atomic E-state index is 0.102. The molecule has 3 fully saturated rings. The van der Waals surface area contributed by atoms with E-state index in [-0.39, 0.29) is 5.92 Å². The lowest BCUT2D eigenvalue weighted by Crippen LogP contribution is -2.54. The lowest BCUT2D eigenvalue weighted by Gasteiger charge is -2.42. The number of pyridine rings is 1. The highest BCUT2D eigenvalue weighted by Crippen LogP contribution is 2.31. The van der Waals surface area contributed by atoms with Crippen molar-refractivity contribution in [3.8, 4) is 0 Å². The highest BCUT2D eigenvalue weighted by molar-refractivity contribution is 7.21. The van der Waals surface area contributed by atoms with Crippen LogP contribution >= 0.6 is 11.3 Å². The molecule has 29 heavy (non-hydrogen) atoms. The Morgan fingerprint density at radius 2 is 1.83 bits per heavy atom. The number of hydrogen-bond donors (Lipinski definition) is 0. The third-order valence-electron chi connectivity index (χ3n) is 6.91. The van der Waals surface area contributed by atoms with Crippen molar-refractivity contribution in [2.75, 3.05) is 44.2 Å². The van der Waals surface area contributed by atoms with Crippen LogP contribution in [0.1, 0.15) is 44.9 Å². The maximum Gasteiger partial charge on any atom is 0.227 e. The number of anilines is 1. The molecular formula is C22H31N5OS. The molecule has 0 aromatic carbocycles. The van der Waals surface area contributed by atoms with Gasteiger partial charge < -0.3 is 9.80 Å². The van der Waals surface area contributed by atoms with E-state index in [2.05, 4.69) is 19.7 Å². The zero-order chi connectivity index (χ0) is 19.6. The molecule has 0 N–H and O–H groups in total. The fourth-order valence-electron chi connectivity index (χ4n) is 5.26. The number of thiazole rings is 1. The highest BCUT2D eigenvalue weighted by atomic mass is 32.1. The first-order valence-corrected chi connectivity index (χ1v) is 12.1. The zero-order valence-corrected chi connectivity index (χ0v) is 17.9. The lowest BCUT2D eigenvalue weighted by molar-refractivity contribution is -0.138. The van der Waals surface area contributed by atoms with E-state index in [1.165, 1.54) is 32.1 Å². The average molecular weight is 414 g/mol. The van der Waals surface area contributed by atoms with Crippen molar-refractivity contribution in [2.45, 2.75) is 51.0 Å². The minimum Gasteiger partial charge on any atom is -0.347 e. The molecule has 1 unspecified atom stereocenters. The topological polar surface area (TPSA) is 52.6 Å². The molecule has 2 aromatic heterocycles. The third kappa shape index (κ3) is 4.12. The highest BCUT2D eigenvalue weighted by Gasteiger charge is 2.33. The molecule has 1 aliphatic carbocycles. The monoisotopic (exact) mass is 413 g/mol. The van der Waals surface area contributed by atoms with Gasteiger partial charge in [0.1, 0.15) is 10.3 Å². The molecule has 7 heteroatoms. The molecule has 2 saturated heterocycles. The van der Waals surface area contributed by atoms with Crippen LogP contribution in [0, 0.1) is 5.92 Å². The van der Waals surface area contributed by atoms with Crippen LogP contribution in [0.3, 0.4) is 0 Å².